The van der Waals surface area contributed by atoms with Crippen molar-refractivity contribution in [1.82, 2.24) is 4.98 Å². The van der Waals surface area contributed by atoms with Crippen LogP contribution in [-0.2, 0) is 15.6 Å². The van der Waals surface area contributed by atoms with E-state index in [4.69, 9.17) is 4.74 Å². The van der Waals surface area contributed by atoms with Crippen molar-refractivity contribution in [1.29, 1.82) is 0 Å². The number of benzene rings is 2. The second kappa shape index (κ2) is 5.77. The molecule has 0 unspecified atom stereocenters. The first-order valence-electron chi connectivity index (χ1n) is 6.80. The maximum Gasteiger partial charge on any atom is 0.184 e. The highest BCUT2D eigenvalue weighted by molar-refractivity contribution is 7.90. The number of sulfone groups is 1. The average Bonchev–Trinajstić information content (AvgIpc) is 2.54. The Labute approximate surface area is 129 Å². The van der Waals surface area contributed by atoms with Crippen molar-refractivity contribution in [2.45, 2.75) is 10.6 Å². The second-order valence-corrected chi connectivity index (χ2v) is 6.92. The highest BCUT2D eigenvalue weighted by Gasteiger charge is 2.16. The number of nitrogens with zero attached hydrogens (tertiary/aromatic N) is 1. The average molecular weight is 313 g/mol. The number of hydrogen-bond acceptors (Lipinski definition) is 4. The Bertz CT molecular complexity index is 903. The van der Waals surface area contributed by atoms with Crippen LogP contribution >= 0.6 is 0 Å². The molecule has 0 fully saturated rings. The minimum absolute atomic E-state index is 0.121. The Morgan fingerprint density at radius 2 is 1.68 bits per heavy atom. The summed E-state index contributed by atoms with van der Waals surface area (Å²) in [5, 5.41) is 0.994. The molecule has 22 heavy (non-hydrogen) atoms. The number of pyridine rings is 1. The lowest BCUT2D eigenvalue weighted by atomic mass is 10.2. The lowest BCUT2D eigenvalue weighted by Crippen LogP contribution is -2.06. The fraction of sp³-hybridized carbons (Fsp3) is 0.118. The standard InChI is InChI=1S/C17H15NO3S/c1-21-15-8-10-16(11-9-15)22(19,20)12-14-7-6-13-4-2-3-5-17(13)18-14/h2-11H,12H2,1H3. The molecule has 4 nitrogen and oxygen atoms in total. The minimum Gasteiger partial charge on any atom is -0.497 e. The van der Waals surface area contributed by atoms with Crippen molar-refractivity contribution >= 4 is 20.7 Å². The number of aromatic nitrogens is 1. The van der Waals surface area contributed by atoms with Gasteiger partial charge in [0.15, 0.2) is 9.84 Å². The summed E-state index contributed by atoms with van der Waals surface area (Å²) in [5.74, 6) is 0.507. The van der Waals surface area contributed by atoms with Crippen molar-refractivity contribution in [3.63, 3.8) is 0 Å². The molecule has 0 aliphatic heterocycles. The van der Waals surface area contributed by atoms with Gasteiger partial charge in [0.1, 0.15) is 5.75 Å². The minimum atomic E-state index is -3.43. The lowest BCUT2D eigenvalue weighted by Gasteiger charge is -2.06. The van der Waals surface area contributed by atoms with Gasteiger partial charge in [-0.3, -0.25) is 4.98 Å². The molecule has 0 spiro atoms. The molecule has 0 aliphatic rings. The van der Waals surface area contributed by atoms with Crippen LogP contribution in [0.3, 0.4) is 0 Å². The van der Waals surface area contributed by atoms with Gasteiger partial charge in [-0.05, 0) is 36.4 Å². The Balaban J connectivity index is 1.91. The molecule has 0 aliphatic carbocycles. The second-order valence-electron chi connectivity index (χ2n) is 4.93. The van der Waals surface area contributed by atoms with Gasteiger partial charge in [0.25, 0.3) is 0 Å². The summed E-state index contributed by atoms with van der Waals surface area (Å²) < 4.78 is 30.0. The van der Waals surface area contributed by atoms with Crippen molar-refractivity contribution in [2.75, 3.05) is 7.11 Å². The van der Waals surface area contributed by atoms with E-state index in [1.165, 1.54) is 0 Å². The summed E-state index contributed by atoms with van der Waals surface area (Å²) in [6.45, 7) is 0. The quantitative estimate of drug-likeness (QED) is 0.742. The van der Waals surface area contributed by atoms with Gasteiger partial charge in [-0.1, -0.05) is 24.3 Å². The number of ether oxygens (including phenoxy) is 1. The molecule has 3 aromatic rings. The summed E-state index contributed by atoms with van der Waals surface area (Å²) in [4.78, 5) is 4.68. The molecule has 0 bridgehead atoms. The van der Waals surface area contributed by atoms with Gasteiger partial charge >= 0.3 is 0 Å². The molecule has 0 saturated carbocycles. The molecule has 1 aromatic heterocycles. The topological polar surface area (TPSA) is 56.3 Å². The van der Waals surface area contributed by atoms with E-state index < -0.39 is 9.84 Å². The van der Waals surface area contributed by atoms with Gasteiger partial charge in [0.2, 0.25) is 0 Å². The van der Waals surface area contributed by atoms with Crippen LogP contribution in [0.5, 0.6) is 5.75 Å². The highest BCUT2D eigenvalue weighted by atomic mass is 32.2. The van der Waals surface area contributed by atoms with Gasteiger partial charge < -0.3 is 4.74 Å². The largest absolute Gasteiger partial charge is 0.497 e. The molecule has 0 saturated heterocycles. The van der Waals surface area contributed by atoms with Crippen LogP contribution in [0.2, 0.25) is 0 Å². The van der Waals surface area contributed by atoms with Crippen molar-refractivity contribution in [3.8, 4) is 5.75 Å². The number of hydrogen-bond donors (Lipinski definition) is 0. The van der Waals surface area contributed by atoms with Gasteiger partial charge in [-0.25, -0.2) is 8.42 Å². The van der Waals surface area contributed by atoms with Crippen molar-refractivity contribution < 1.29 is 13.2 Å². The van der Waals surface area contributed by atoms with Crippen LogP contribution in [0, 0.1) is 0 Å². The first-order valence-corrected chi connectivity index (χ1v) is 8.45. The van der Waals surface area contributed by atoms with Crippen LogP contribution in [0.1, 0.15) is 5.69 Å². The van der Waals surface area contributed by atoms with E-state index in [1.807, 2.05) is 30.3 Å². The monoisotopic (exact) mass is 313 g/mol. The molecular weight excluding hydrogens is 298 g/mol. The Morgan fingerprint density at radius 1 is 0.955 bits per heavy atom. The maximum absolute atomic E-state index is 12.5. The fourth-order valence-electron chi connectivity index (χ4n) is 2.25. The van der Waals surface area contributed by atoms with Gasteiger partial charge in [-0.15, -0.1) is 0 Å². The van der Waals surface area contributed by atoms with E-state index in [2.05, 4.69) is 4.98 Å². The van der Waals surface area contributed by atoms with Crippen LogP contribution in [0.15, 0.2) is 65.6 Å². The molecule has 1 heterocycles. The summed E-state index contributed by atoms with van der Waals surface area (Å²) in [6.07, 6.45) is 0. The van der Waals surface area contributed by atoms with Gasteiger partial charge in [0.05, 0.1) is 29.0 Å². The van der Waals surface area contributed by atoms with Crippen LogP contribution in [0.4, 0.5) is 0 Å². The predicted octanol–water partition coefficient (Wildman–Crippen LogP) is 3.22. The van der Waals surface area contributed by atoms with Gasteiger partial charge in [0, 0.05) is 5.39 Å². The van der Waals surface area contributed by atoms with Crippen LogP contribution in [-0.4, -0.2) is 20.5 Å². The Kier molecular flexibility index (Phi) is 3.81. The van der Waals surface area contributed by atoms with E-state index in [-0.39, 0.29) is 10.6 Å². The molecule has 2 aromatic carbocycles. The van der Waals surface area contributed by atoms with E-state index in [0.717, 1.165) is 10.9 Å². The zero-order valence-electron chi connectivity index (χ0n) is 12.1. The first-order chi connectivity index (χ1) is 10.6. The molecule has 3 rings (SSSR count). The molecular formula is C17H15NO3S. The normalized spacial score (nSPS) is 11.5. The maximum atomic E-state index is 12.5. The van der Waals surface area contributed by atoms with E-state index in [0.29, 0.717) is 11.4 Å². The third-order valence-electron chi connectivity index (χ3n) is 3.41. The molecule has 0 N–H and O–H groups in total. The van der Waals surface area contributed by atoms with E-state index >= 15 is 0 Å². The molecule has 0 radical (unpaired) electrons. The van der Waals surface area contributed by atoms with Crippen LogP contribution in [0.25, 0.3) is 10.9 Å². The van der Waals surface area contributed by atoms with Crippen molar-refractivity contribution in [3.05, 3.63) is 66.4 Å². The lowest BCUT2D eigenvalue weighted by molar-refractivity contribution is 0.414. The molecule has 5 heteroatoms. The van der Waals surface area contributed by atoms with Crippen molar-refractivity contribution in [2.24, 2.45) is 0 Å². The molecule has 112 valence electrons. The van der Waals surface area contributed by atoms with E-state index in [9.17, 15) is 8.42 Å². The van der Waals surface area contributed by atoms with Crippen LogP contribution < -0.4 is 4.74 Å². The number of fused-ring (bicyclic) bond motifs is 1. The number of rotatable bonds is 4. The summed E-state index contributed by atoms with van der Waals surface area (Å²) in [5.41, 5.74) is 1.33. The predicted molar refractivity (Wildman–Crippen MR) is 85.6 cm³/mol. The van der Waals surface area contributed by atoms with Gasteiger partial charge in [-0.2, -0.15) is 0 Å². The SMILES string of the molecule is COc1ccc(S(=O)(=O)Cc2ccc3ccccc3n2)cc1. The number of para-hydroxylation sites is 1. The van der Waals surface area contributed by atoms with E-state index in [1.54, 1.807) is 37.4 Å². The summed E-state index contributed by atoms with van der Waals surface area (Å²) >= 11 is 0. The smallest absolute Gasteiger partial charge is 0.184 e. The zero-order valence-corrected chi connectivity index (χ0v) is 12.9. The Morgan fingerprint density at radius 3 is 2.41 bits per heavy atom. The summed E-state index contributed by atoms with van der Waals surface area (Å²) in [7, 11) is -1.88. The third-order valence-corrected chi connectivity index (χ3v) is 5.08. The Hall–Kier alpha value is -2.40. The first kappa shape index (κ1) is 14.5. The molecule has 0 amide bonds. The third kappa shape index (κ3) is 2.94. The summed E-state index contributed by atoms with van der Waals surface area (Å²) in [6, 6.07) is 17.7. The highest BCUT2D eigenvalue weighted by Crippen LogP contribution is 2.20. The number of methoxy groups -OCH3 is 1. The fourth-order valence-corrected chi connectivity index (χ4v) is 3.52. The molecule has 0 atom stereocenters. The zero-order chi connectivity index (χ0) is 15.6.